The number of nitrogens with zero attached hydrogens (tertiary/aromatic N) is 1. The topological polar surface area (TPSA) is 58.6 Å². The van der Waals surface area contributed by atoms with Crippen molar-refractivity contribution in [1.82, 2.24) is 0 Å². The van der Waals surface area contributed by atoms with Gasteiger partial charge in [0.1, 0.15) is 5.75 Å². The molecule has 0 spiro atoms. The van der Waals surface area contributed by atoms with E-state index >= 15 is 0 Å². The van der Waals surface area contributed by atoms with Crippen LogP contribution in [0, 0.1) is 5.92 Å². The minimum atomic E-state index is -0.0567. The Morgan fingerprint density at radius 1 is 1.19 bits per heavy atom. The van der Waals surface area contributed by atoms with Gasteiger partial charge in [-0.15, -0.1) is 0 Å². The Morgan fingerprint density at radius 2 is 1.96 bits per heavy atom. The Kier molecular flexibility index (Phi) is 5.56. The molecule has 5 nitrogen and oxygen atoms in total. The van der Waals surface area contributed by atoms with Gasteiger partial charge in [-0.2, -0.15) is 0 Å². The summed E-state index contributed by atoms with van der Waals surface area (Å²) in [5.41, 5.74) is 2.53. The van der Waals surface area contributed by atoms with E-state index in [-0.39, 0.29) is 18.4 Å². The normalized spacial score (nSPS) is 13.3. The van der Waals surface area contributed by atoms with Crippen molar-refractivity contribution in [3.63, 3.8) is 0 Å². The molecule has 0 unspecified atom stereocenters. The summed E-state index contributed by atoms with van der Waals surface area (Å²) < 4.78 is 5.51. The molecule has 3 rings (SSSR count). The summed E-state index contributed by atoms with van der Waals surface area (Å²) in [7, 11) is 0. The van der Waals surface area contributed by atoms with Gasteiger partial charge >= 0.3 is 0 Å². The van der Waals surface area contributed by atoms with Crippen LogP contribution in [-0.2, 0) is 16.0 Å². The first-order valence-electron chi connectivity index (χ1n) is 8.94. The lowest BCUT2D eigenvalue weighted by Crippen LogP contribution is -2.41. The van der Waals surface area contributed by atoms with E-state index in [1.54, 1.807) is 4.90 Å². The number of anilines is 2. The molecule has 1 heterocycles. The number of carbonyl (C=O) groups excluding carboxylic acids is 2. The smallest absolute Gasteiger partial charge is 0.265 e. The molecular weight excluding hydrogens is 328 g/mol. The van der Waals surface area contributed by atoms with Crippen LogP contribution in [0.1, 0.15) is 25.8 Å². The van der Waals surface area contributed by atoms with Gasteiger partial charge in [-0.1, -0.05) is 44.2 Å². The highest BCUT2D eigenvalue weighted by Crippen LogP contribution is 2.35. The van der Waals surface area contributed by atoms with Gasteiger partial charge in [-0.3, -0.25) is 9.59 Å². The van der Waals surface area contributed by atoms with Crippen molar-refractivity contribution >= 4 is 23.2 Å². The van der Waals surface area contributed by atoms with Crippen molar-refractivity contribution in [2.45, 2.75) is 26.7 Å². The molecule has 0 saturated heterocycles. The highest BCUT2D eigenvalue weighted by Gasteiger charge is 2.26. The van der Waals surface area contributed by atoms with Crippen LogP contribution in [0.3, 0.4) is 0 Å². The van der Waals surface area contributed by atoms with Gasteiger partial charge < -0.3 is 15.0 Å². The van der Waals surface area contributed by atoms with Crippen LogP contribution < -0.4 is 15.0 Å². The van der Waals surface area contributed by atoms with Gasteiger partial charge in [0.25, 0.3) is 5.91 Å². The first-order valence-corrected chi connectivity index (χ1v) is 8.94. The van der Waals surface area contributed by atoms with E-state index in [9.17, 15) is 9.59 Å². The maximum atomic E-state index is 12.3. The Morgan fingerprint density at radius 3 is 2.69 bits per heavy atom. The molecule has 0 aliphatic carbocycles. The fourth-order valence-corrected chi connectivity index (χ4v) is 2.97. The molecular formula is C21H24N2O3. The summed E-state index contributed by atoms with van der Waals surface area (Å²) in [6.45, 7) is 4.82. The number of rotatable bonds is 6. The molecule has 1 N–H and O–H groups in total. The van der Waals surface area contributed by atoms with Crippen LogP contribution in [0.5, 0.6) is 5.75 Å². The Hall–Kier alpha value is -2.82. The van der Waals surface area contributed by atoms with Crippen LogP contribution in [0.4, 0.5) is 11.4 Å². The van der Waals surface area contributed by atoms with E-state index in [4.69, 9.17) is 4.74 Å². The third-order valence-corrected chi connectivity index (χ3v) is 4.22. The van der Waals surface area contributed by atoms with Gasteiger partial charge in [0.05, 0.1) is 5.69 Å². The second kappa shape index (κ2) is 8.04. The highest BCUT2D eigenvalue weighted by atomic mass is 16.5. The molecule has 136 valence electrons. The number of hydrogen-bond acceptors (Lipinski definition) is 3. The largest absolute Gasteiger partial charge is 0.482 e. The zero-order valence-corrected chi connectivity index (χ0v) is 15.2. The van der Waals surface area contributed by atoms with Crippen LogP contribution in [0.25, 0.3) is 0 Å². The molecule has 1 aliphatic rings. The lowest BCUT2D eigenvalue weighted by molar-refractivity contribution is -0.121. The average Bonchev–Trinajstić information content (AvgIpc) is 2.63. The van der Waals surface area contributed by atoms with E-state index in [1.807, 2.05) is 48.5 Å². The predicted octanol–water partition coefficient (Wildman–Crippen LogP) is 3.64. The van der Waals surface area contributed by atoms with Crippen molar-refractivity contribution in [1.29, 1.82) is 0 Å². The molecule has 2 amide bonds. The number of amides is 2. The van der Waals surface area contributed by atoms with Crippen molar-refractivity contribution in [3.05, 3.63) is 54.1 Å². The number of hydrogen-bond donors (Lipinski definition) is 1. The number of nitrogens with one attached hydrogen (secondary N) is 1. The molecule has 0 bridgehead atoms. The standard InChI is InChI=1S/C21H24N2O3/c1-15(2)13-23-18-12-17(9-10-19(18)26-14-21(23)25)22-20(24)11-8-16-6-4-3-5-7-16/h3-7,9-10,12,15H,8,11,13-14H2,1-2H3,(H,22,24). The SMILES string of the molecule is CC(C)CN1C(=O)COc2ccc(NC(=O)CCc3ccccc3)cc21. The minimum absolute atomic E-state index is 0.0488. The Balaban J connectivity index is 1.68. The summed E-state index contributed by atoms with van der Waals surface area (Å²) in [5.74, 6) is 0.910. The number of carbonyl (C=O) groups is 2. The molecule has 0 fully saturated rings. The van der Waals surface area contributed by atoms with Crippen molar-refractivity contribution in [3.8, 4) is 5.75 Å². The maximum Gasteiger partial charge on any atom is 0.265 e. The van der Waals surface area contributed by atoms with Gasteiger partial charge in [0, 0.05) is 18.7 Å². The third-order valence-electron chi connectivity index (χ3n) is 4.22. The lowest BCUT2D eigenvalue weighted by atomic mass is 10.1. The molecule has 26 heavy (non-hydrogen) atoms. The summed E-state index contributed by atoms with van der Waals surface area (Å²) in [4.78, 5) is 26.2. The van der Waals surface area contributed by atoms with Crippen molar-refractivity contribution < 1.29 is 14.3 Å². The van der Waals surface area contributed by atoms with Crippen LogP contribution in [-0.4, -0.2) is 25.0 Å². The molecule has 5 heteroatoms. The van der Waals surface area contributed by atoms with E-state index in [0.29, 0.717) is 36.7 Å². The average molecular weight is 352 g/mol. The molecule has 2 aromatic rings. The number of benzene rings is 2. The van der Waals surface area contributed by atoms with Crippen LogP contribution in [0.15, 0.2) is 48.5 Å². The van der Waals surface area contributed by atoms with Crippen LogP contribution in [0.2, 0.25) is 0 Å². The summed E-state index contributed by atoms with van der Waals surface area (Å²) in [5, 5.41) is 2.92. The molecule has 0 saturated carbocycles. The molecule has 0 atom stereocenters. The Labute approximate surface area is 154 Å². The first-order chi connectivity index (χ1) is 12.5. The minimum Gasteiger partial charge on any atom is -0.482 e. The Bertz CT molecular complexity index is 787. The van der Waals surface area contributed by atoms with Crippen molar-refractivity contribution in [2.75, 3.05) is 23.4 Å². The second-order valence-electron chi connectivity index (χ2n) is 6.90. The molecule has 1 aliphatic heterocycles. The van der Waals surface area contributed by atoms with E-state index in [1.165, 1.54) is 0 Å². The maximum absolute atomic E-state index is 12.3. The second-order valence-corrected chi connectivity index (χ2v) is 6.90. The molecule has 0 radical (unpaired) electrons. The van der Waals surface area contributed by atoms with Gasteiger partial charge in [-0.25, -0.2) is 0 Å². The molecule has 0 aromatic heterocycles. The van der Waals surface area contributed by atoms with Gasteiger partial charge in [0.2, 0.25) is 5.91 Å². The van der Waals surface area contributed by atoms with Crippen LogP contribution >= 0.6 is 0 Å². The first kappa shape index (κ1) is 18.0. The monoisotopic (exact) mass is 352 g/mol. The third kappa shape index (κ3) is 4.42. The quantitative estimate of drug-likeness (QED) is 0.863. The number of aryl methyl sites for hydroxylation is 1. The van der Waals surface area contributed by atoms with Gasteiger partial charge in [0.15, 0.2) is 6.61 Å². The van der Waals surface area contributed by atoms with Gasteiger partial charge in [-0.05, 0) is 36.1 Å². The zero-order chi connectivity index (χ0) is 18.5. The van der Waals surface area contributed by atoms with E-state index < -0.39 is 0 Å². The lowest BCUT2D eigenvalue weighted by Gasteiger charge is -2.31. The number of fused-ring (bicyclic) bond motifs is 1. The number of ether oxygens (including phenoxy) is 1. The van der Waals surface area contributed by atoms with E-state index in [2.05, 4.69) is 19.2 Å². The van der Waals surface area contributed by atoms with Crippen molar-refractivity contribution in [2.24, 2.45) is 5.92 Å². The fourth-order valence-electron chi connectivity index (χ4n) is 2.97. The summed E-state index contributed by atoms with van der Waals surface area (Å²) >= 11 is 0. The zero-order valence-electron chi connectivity index (χ0n) is 15.2. The van der Waals surface area contributed by atoms with E-state index in [0.717, 1.165) is 11.3 Å². The predicted molar refractivity (Wildman–Crippen MR) is 103 cm³/mol. The molecule has 2 aromatic carbocycles. The summed E-state index contributed by atoms with van der Waals surface area (Å²) in [6.07, 6.45) is 1.10. The fraction of sp³-hybridized carbons (Fsp3) is 0.333. The summed E-state index contributed by atoms with van der Waals surface area (Å²) in [6, 6.07) is 15.4. The highest BCUT2D eigenvalue weighted by molar-refractivity contribution is 5.99.